The van der Waals surface area contributed by atoms with E-state index in [1.54, 1.807) is 0 Å². The number of nitrogen functional groups attached to an aromatic ring is 1. The Morgan fingerprint density at radius 2 is 1.87 bits per heavy atom. The molecule has 0 amide bonds. The first-order chi connectivity index (χ1) is 14.4. The first kappa shape index (κ1) is 20.4. The summed E-state index contributed by atoms with van der Waals surface area (Å²) in [7, 11) is 0. The van der Waals surface area contributed by atoms with Crippen molar-refractivity contribution in [2.24, 2.45) is 0 Å². The number of anilines is 1. The number of aromatic nitrogens is 2. The van der Waals surface area contributed by atoms with Crippen LogP contribution in [0.4, 0.5) is 5.69 Å². The summed E-state index contributed by atoms with van der Waals surface area (Å²) >= 11 is 0. The fourth-order valence-electron chi connectivity index (χ4n) is 4.03. The number of ether oxygens (including phenoxy) is 2. The van der Waals surface area contributed by atoms with Crippen molar-refractivity contribution in [2.45, 2.75) is 39.5 Å². The number of benzene rings is 1. The molecule has 4 rings (SSSR count). The van der Waals surface area contributed by atoms with E-state index < -0.39 is 0 Å². The molecule has 1 aromatic carbocycles. The average molecular weight is 407 g/mol. The molecule has 0 bridgehead atoms. The van der Waals surface area contributed by atoms with Gasteiger partial charge >= 0.3 is 0 Å². The van der Waals surface area contributed by atoms with Crippen molar-refractivity contribution in [1.29, 1.82) is 0 Å². The van der Waals surface area contributed by atoms with Gasteiger partial charge in [0.05, 0.1) is 23.6 Å². The highest BCUT2D eigenvalue weighted by Gasteiger charge is 2.25. The van der Waals surface area contributed by atoms with Crippen molar-refractivity contribution < 1.29 is 9.47 Å². The van der Waals surface area contributed by atoms with Crippen molar-refractivity contribution in [3.8, 4) is 17.0 Å². The van der Waals surface area contributed by atoms with Crippen LogP contribution in [-0.2, 0) is 11.3 Å². The van der Waals surface area contributed by atoms with Gasteiger partial charge in [-0.15, -0.1) is 0 Å². The molecule has 1 aliphatic heterocycles. The van der Waals surface area contributed by atoms with Crippen LogP contribution in [0.1, 0.15) is 26.5 Å². The fourth-order valence-corrected chi connectivity index (χ4v) is 4.03. The number of pyridine rings is 1. The minimum atomic E-state index is 0.214. The number of fused-ring (bicyclic) bond motifs is 1. The van der Waals surface area contributed by atoms with E-state index in [4.69, 9.17) is 20.2 Å². The lowest BCUT2D eigenvalue weighted by molar-refractivity contribution is -0.0707. The number of rotatable bonds is 6. The third-order valence-corrected chi connectivity index (χ3v) is 5.22. The van der Waals surface area contributed by atoms with Crippen LogP contribution in [0.2, 0.25) is 0 Å². The zero-order valence-electron chi connectivity index (χ0n) is 18.0. The molecule has 3 aromatic rings. The predicted octanol–water partition coefficient (Wildman–Crippen LogP) is 4.15. The van der Waals surface area contributed by atoms with E-state index in [2.05, 4.69) is 41.9 Å². The largest absolute Gasteiger partial charge is 0.489 e. The van der Waals surface area contributed by atoms with E-state index >= 15 is 0 Å². The predicted molar refractivity (Wildman–Crippen MR) is 121 cm³/mol. The SMILES string of the molecule is C=C(C)COc1ccc(-c2nc3ccc(N)cn3c2CN2CC(C)OC(C)C2)cc1. The lowest BCUT2D eigenvalue weighted by atomic mass is 10.1. The molecule has 0 radical (unpaired) electrons. The van der Waals surface area contributed by atoms with Crippen LogP contribution in [0.3, 0.4) is 0 Å². The highest BCUT2D eigenvalue weighted by Crippen LogP contribution is 2.29. The van der Waals surface area contributed by atoms with Crippen molar-refractivity contribution in [1.82, 2.24) is 14.3 Å². The topological polar surface area (TPSA) is 65.0 Å². The zero-order valence-corrected chi connectivity index (χ0v) is 18.0. The summed E-state index contributed by atoms with van der Waals surface area (Å²) in [6.45, 7) is 13.2. The Morgan fingerprint density at radius 3 is 2.53 bits per heavy atom. The Balaban J connectivity index is 1.68. The van der Waals surface area contributed by atoms with Crippen LogP contribution in [0.25, 0.3) is 16.9 Å². The summed E-state index contributed by atoms with van der Waals surface area (Å²) in [5.41, 5.74) is 11.9. The highest BCUT2D eigenvalue weighted by atomic mass is 16.5. The molecule has 1 fully saturated rings. The third kappa shape index (κ3) is 4.50. The Hall–Kier alpha value is -2.83. The monoisotopic (exact) mass is 406 g/mol. The van der Waals surface area contributed by atoms with Gasteiger partial charge in [-0.05, 0) is 62.7 Å². The van der Waals surface area contributed by atoms with Gasteiger partial charge < -0.3 is 19.6 Å². The van der Waals surface area contributed by atoms with Gasteiger partial charge in [0.25, 0.3) is 0 Å². The molecule has 0 saturated carbocycles. The molecule has 158 valence electrons. The average Bonchev–Trinajstić information content (AvgIpc) is 3.03. The molecule has 3 heterocycles. The summed E-state index contributed by atoms with van der Waals surface area (Å²) in [6, 6.07) is 12.0. The van der Waals surface area contributed by atoms with Crippen molar-refractivity contribution >= 4 is 11.3 Å². The van der Waals surface area contributed by atoms with Crippen molar-refractivity contribution in [2.75, 3.05) is 25.4 Å². The number of hydrogen-bond donors (Lipinski definition) is 1. The van der Waals surface area contributed by atoms with E-state index in [0.29, 0.717) is 6.61 Å². The van der Waals surface area contributed by atoms with Gasteiger partial charge in [0.1, 0.15) is 18.0 Å². The van der Waals surface area contributed by atoms with Crippen LogP contribution in [0, 0.1) is 0 Å². The quantitative estimate of drug-likeness (QED) is 0.623. The van der Waals surface area contributed by atoms with Gasteiger partial charge in [0, 0.05) is 37.1 Å². The molecule has 6 heteroatoms. The van der Waals surface area contributed by atoms with Crippen molar-refractivity contribution in [3.63, 3.8) is 0 Å². The molecule has 2 N–H and O–H groups in total. The van der Waals surface area contributed by atoms with E-state index in [9.17, 15) is 0 Å². The second-order valence-electron chi connectivity index (χ2n) is 8.32. The Labute approximate surface area is 177 Å². The van der Waals surface area contributed by atoms with Gasteiger partial charge in [-0.2, -0.15) is 0 Å². The van der Waals surface area contributed by atoms with Gasteiger partial charge in [-0.1, -0.05) is 6.58 Å². The normalized spacial score (nSPS) is 19.8. The third-order valence-electron chi connectivity index (χ3n) is 5.22. The maximum absolute atomic E-state index is 6.09. The molecule has 1 aliphatic rings. The molecule has 0 aliphatic carbocycles. The summed E-state index contributed by atoms with van der Waals surface area (Å²) in [6.07, 6.45) is 2.39. The minimum absolute atomic E-state index is 0.214. The second-order valence-corrected chi connectivity index (χ2v) is 8.32. The molecule has 1 saturated heterocycles. The maximum atomic E-state index is 6.09. The zero-order chi connectivity index (χ0) is 21.3. The number of morpholine rings is 1. The van der Waals surface area contributed by atoms with Crippen LogP contribution in [0.5, 0.6) is 5.75 Å². The first-order valence-electron chi connectivity index (χ1n) is 10.4. The fraction of sp³-hybridized carbons (Fsp3) is 0.375. The number of imidazole rings is 1. The molecule has 2 atom stereocenters. The second kappa shape index (κ2) is 8.50. The van der Waals surface area contributed by atoms with Gasteiger partial charge in [-0.25, -0.2) is 4.98 Å². The van der Waals surface area contributed by atoms with E-state index in [1.165, 1.54) is 0 Å². The Morgan fingerprint density at radius 1 is 1.17 bits per heavy atom. The number of hydrogen-bond acceptors (Lipinski definition) is 5. The van der Waals surface area contributed by atoms with Crippen LogP contribution in [0.15, 0.2) is 54.7 Å². The van der Waals surface area contributed by atoms with Crippen LogP contribution >= 0.6 is 0 Å². The molecule has 6 nitrogen and oxygen atoms in total. The maximum Gasteiger partial charge on any atom is 0.137 e. The molecule has 2 unspecified atom stereocenters. The van der Waals surface area contributed by atoms with E-state index in [-0.39, 0.29) is 12.2 Å². The summed E-state index contributed by atoms with van der Waals surface area (Å²) < 4.78 is 13.8. The van der Waals surface area contributed by atoms with Gasteiger partial charge in [0.2, 0.25) is 0 Å². The first-order valence-corrected chi connectivity index (χ1v) is 10.4. The highest BCUT2D eigenvalue weighted by molar-refractivity contribution is 5.68. The lowest BCUT2D eigenvalue weighted by Crippen LogP contribution is -2.45. The van der Waals surface area contributed by atoms with Gasteiger partial charge in [0.15, 0.2) is 0 Å². The smallest absolute Gasteiger partial charge is 0.137 e. The standard InChI is InChI=1S/C24H30N4O2/c1-16(2)15-29-21-8-5-19(6-9-21)24-22(14-27-11-17(3)30-18(4)12-27)28-13-20(25)7-10-23(28)26-24/h5-10,13,17-18H,1,11-12,14-15,25H2,2-4H3. The Bertz CT molecular complexity index is 1030. The number of nitrogens with two attached hydrogens (primary N) is 1. The number of nitrogens with zero attached hydrogens (tertiary/aromatic N) is 3. The van der Waals surface area contributed by atoms with E-state index in [0.717, 1.165) is 59.2 Å². The molecule has 30 heavy (non-hydrogen) atoms. The molecular formula is C24H30N4O2. The minimum Gasteiger partial charge on any atom is -0.489 e. The lowest BCUT2D eigenvalue weighted by Gasteiger charge is -2.35. The van der Waals surface area contributed by atoms with Crippen LogP contribution < -0.4 is 10.5 Å². The molecule has 0 spiro atoms. The molecular weight excluding hydrogens is 376 g/mol. The molecule has 2 aromatic heterocycles. The van der Waals surface area contributed by atoms with E-state index in [1.807, 2.05) is 37.4 Å². The van der Waals surface area contributed by atoms with Crippen molar-refractivity contribution in [3.05, 3.63) is 60.4 Å². The van der Waals surface area contributed by atoms with Crippen LogP contribution in [-0.4, -0.2) is 46.2 Å². The summed E-state index contributed by atoms with van der Waals surface area (Å²) in [4.78, 5) is 7.36. The van der Waals surface area contributed by atoms with Gasteiger partial charge in [-0.3, -0.25) is 4.90 Å². The summed E-state index contributed by atoms with van der Waals surface area (Å²) in [5, 5.41) is 0. The summed E-state index contributed by atoms with van der Waals surface area (Å²) in [5.74, 6) is 0.826. The Kier molecular flexibility index (Phi) is 5.79.